The highest BCUT2D eigenvalue weighted by Crippen LogP contribution is 2.33. The van der Waals surface area contributed by atoms with Crippen LogP contribution < -0.4 is 0 Å². The zero-order chi connectivity index (χ0) is 23.0. The molecule has 0 bridgehead atoms. The quantitative estimate of drug-likeness (QED) is 0.299. The molecule has 0 spiro atoms. The van der Waals surface area contributed by atoms with E-state index >= 15 is 0 Å². The first kappa shape index (κ1) is 21.5. The zero-order valence-electron chi connectivity index (χ0n) is 17.5. The molecule has 0 amide bonds. The molecule has 162 valence electrons. The molecule has 0 fully saturated rings. The molecular weight excluding hydrogens is 420 g/mol. The average Bonchev–Trinajstić information content (AvgIpc) is 2.73. The van der Waals surface area contributed by atoms with Gasteiger partial charge in [0.1, 0.15) is 0 Å². The first-order valence-electron chi connectivity index (χ1n) is 9.76. The van der Waals surface area contributed by atoms with E-state index in [0.717, 1.165) is 17.7 Å². The number of pyridine rings is 4. The molecule has 0 atom stereocenters. The Kier molecular flexibility index (Phi) is 5.46. The second kappa shape index (κ2) is 8.11. The van der Waals surface area contributed by atoms with Gasteiger partial charge in [-0.15, -0.1) is 0 Å². The van der Waals surface area contributed by atoms with Crippen molar-refractivity contribution in [3.8, 4) is 22.5 Å². The third kappa shape index (κ3) is 4.08. The minimum atomic E-state index is -0.956. The Hall–Kier alpha value is -3.68. The van der Waals surface area contributed by atoms with Crippen LogP contribution in [0.5, 0.6) is 0 Å². The number of halogens is 4. The summed E-state index contributed by atoms with van der Waals surface area (Å²) in [6, 6.07) is 13.3. The van der Waals surface area contributed by atoms with Gasteiger partial charge in [0.05, 0.1) is 33.9 Å². The first-order chi connectivity index (χ1) is 15.1. The largest absolute Gasteiger partial charge is 0.252 e. The molecule has 0 aromatic carbocycles. The fraction of sp³-hybridized carbons (Fsp3) is 0.167. The van der Waals surface area contributed by atoms with Crippen LogP contribution >= 0.6 is 0 Å². The van der Waals surface area contributed by atoms with Gasteiger partial charge in [0.15, 0.2) is 0 Å². The molecule has 8 heteroatoms. The third-order valence-electron chi connectivity index (χ3n) is 5.18. The van der Waals surface area contributed by atoms with Crippen molar-refractivity contribution in [3.05, 3.63) is 95.3 Å². The Labute approximate surface area is 182 Å². The summed E-state index contributed by atoms with van der Waals surface area (Å²) in [6.45, 7) is 5.59. The fourth-order valence-corrected chi connectivity index (χ4v) is 3.40. The lowest BCUT2D eigenvalue weighted by Gasteiger charge is -2.25. The summed E-state index contributed by atoms with van der Waals surface area (Å²) in [5.41, 5.74) is 1.95. The number of aromatic nitrogens is 4. The maximum atomic E-state index is 14.3. The minimum absolute atomic E-state index is 0.0707. The fourth-order valence-electron chi connectivity index (χ4n) is 3.40. The van der Waals surface area contributed by atoms with Crippen LogP contribution in [-0.4, -0.2) is 19.9 Å². The number of nitrogens with zero attached hydrogens (tertiary/aromatic N) is 4. The van der Waals surface area contributed by atoms with Crippen LogP contribution in [0.1, 0.15) is 30.8 Å². The van der Waals surface area contributed by atoms with Gasteiger partial charge in [-0.2, -0.15) is 27.5 Å². The van der Waals surface area contributed by atoms with Crippen molar-refractivity contribution in [2.75, 3.05) is 0 Å². The topological polar surface area (TPSA) is 51.6 Å². The Morgan fingerprint density at radius 1 is 0.625 bits per heavy atom. The highest BCUT2D eigenvalue weighted by molar-refractivity contribution is 5.61. The van der Waals surface area contributed by atoms with E-state index in [1.54, 1.807) is 24.3 Å². The van der Waals surface area contributed by atoms with E-state index in [9.17, 15) is 17.6 Å². The molecule has 4 aromatic rings. The highest BCUT2D eigenvalue weighted by atomic mass is 19.1. The second-order valence-electron chi connectivity index (χ2n) is 7.89. The Morgan fingerprint density at radius 2 is 1.19 bits per heavy atom. The van der Waals surface area contributed by atoms with Gasteiger partial charge in [-0.1, -0.05) is 6.07 Å². The van der Waals surface area contributed by atoms with Crippen LogP contribution in [0.15, 0.2) is 54.6 Å². The molecular formula is C24H18F4N4. The van der Waals surface area contributed by atoms with Gasteiger partial charge in [0.25, 0.3) is 0 Å². The molecule has 0 aliphatic heterocycles. The van der Waals surface area contributed by atoms with Crippen molar-refractivity contribution in [2.24, 2.45) is 0 Å². The summed E-state index contributed by atoms with van der Waals surface area (Å²) in [5.74, 6) is -3.74. The highest BCUT2D eigenvalue weighted by Gasteiger charge is 2.28. The normalized spacial score (nSPS) is 11.6. The van der Waals surface area contributed by atoms with Crippen molar-refractivity contribution in [2.45, 2.75) is 26.2 Å². The van der Waals surface area contributed by atoms with E-state index in [1.165, 1.54) is 12.1 Å². The van der Waals surface area contributed by atoms with Gasteiger partial charge in [0, 0.05) is 5.41 Å². The van der Waals surface area contributed by atoms with Gasteiger partial charge in [-0.05, 0) is 74.9 Å². The SMILES string of the molecule is Cc1cc(-c2ccc(F)nc2F)nc(C(C)(C)c2cccc(-c3ccc(F)nc3F)n2)c1. The molecule has 0 aliphatic carbocycles. The first-order valence-corrected chi connectivity index (χ1v) is 9.76. The van der Waals surface area contributed by atoms with E-state index < -0.39 is 29.2 Å². The van der Waals surface area contributed by atoms with Crippen LogP contribution in [0, 0.1) is 30.7 Å². The summed E-state index contributed by atoms with van der Waals surface area (Å²) < 4.78 is 54.8. The predicted molar refractivity (Wildman–Crippen MR) is 112 cm³/mol. The molecule has 0 unspecified atom stereocenters. The predicted octanol–water partition coefficient (Wildman–Crippen LogP) is 5.79. The molecule has 0 radical (unpaired) electrons. The van der Waals surface area contributed by atoms with E-state index in [2.05, 4.69) is 19.9 Å². The molecule has 4 heterocycles. The van der Waals surface area contributed by atoms with Gasteiger partial charge in [-0.25, -0.2) is 0 Å². The zero-order valence-corrected chi connectivity index (χ0v) is 17.5. The lowest BCUT2D eigenvalue weighted by molar-refractivity contribution is 0.514. The second-order valence-corrected chi connectivity index (χ2v) is 7.89. The Bertz CT molecular complexity index is 1320. The number of rotatable bonds is 4. The number of aryl methyl sites for hydroxylation is 1. The van der Waals surface area contributed by atoms with Crippen molar-refractivity contribution in [1.82, 2.24) is 19.9 Å². The number of hydrogen-bond acceptors (Lipinski definition) is 4. The molecule has 0 saturated heterocycles. The van der Waals surface area contributed by atoms with E-state index in [1.807, 2.05) is 26.8 Å². The van der Waals surface area contributed by atoms with Gasteiger partial charge >= 0.3 is 0 Å². The van der Waals surface area contributed by atoms with Crippen molar-refractivity contribution in [1.29, 1.82) is 0 Å². The van der Waals surface area contributed by atoms with Crippen LogP contribution in [0.3, 0.4) is 0 Å². The lowest BCUT2D eigenvalue weighted by atomic mass is 9.83. The van der Waals surface area contributed by atoms with Crippen molar-refractivity contribution >= 4 is 0 Å². The summed E-state index contributed by atoms with van der Waals surface area (Å²) >= 11 is 0. The maximum Gasteiger partial charge on any atom is 0.224 e. The van der Waals surface area contributed by atoms with E-state index in [-0.39, 0.29) is 11.1 Å². The molecule has 0 N–H and O–H groups in total. The van der Waals surface area contributed by atoms with Gasteiger partial charge < -0.3 is 0 Å². The summed E-state index contributed by atoms with van der Waals surface area (Å²) in [6.07, 6.45) is 0. The van der Waals surface area contributed by atoms with Crippen LogP contribution in [0.2, 0.25) is 0 Å². The van der Waals surface area contributed by atoms with E-state index in [0.29, 0.717) is 22.8 Å². The maximum absolute atomic E-state index is 14.3. The van der Waals surface area contributed by atoms with E-state index in [4.69, 9.17) is 0 Å². The monoisotopic (exact) mass is 438 g/mol. The van der Waals surface area contributed by atoms with Crippen LogP contribution in [-0.2, 0) is 5.41 Å². The molecule has 4 aromatic heterocycles. The van der Waals surface area contributed by atoms with Crippen molar-refractivity contribution < 1.29 is 17.6 Å². The van der Waals surface area contributed by atoms with Crippen LogP contribution in [0.4, 0.5) is 17.6 Å². The Morgan fingerprint density at radius 3 is 1.78 bits per heavy atom. The molecule has 0 saturated carbocycles. The third-order valence-corrected chi connectivity index (χ3v) is 5.18. The molecule has 32 heavy (non-hydrogen) atoms. The number of hydrogen-bond donors (Lipinski definition) is 0. The Balaban J connectivity index is 1.79. The smallest absolute Gasteiger partial charge is 0.224 e. The summed E-state index contributed by atoms with van der Waals surface area (Å²) in [4.78, 5) is 15.6. The molecule has 0 aliphatic rings. The summed E-state index contributed by atoms with van der Waals surface area (Å²) in [7, 11) is 0. The standard InChI is InChI=1S/C24H18F4N4/c1-13-11-17(15-8-10-21(26)32-23(15)28)30-19(12-13)24(2,3)18-6-4-5-16(29-18)14-7-9-20(25)31-22(14)27/h4-12H,1-3H3. The van der Waals surface area contributed by atoms with Gasteiger partial charge in [0.2, 0.25) is 23.8 Å². The van der Waals surface area contributed by atoms with Crippen molar-refractivity contribution in [3.63, 3.8) is 0 Å². The molecule has 4 rings (SSSR count). The summed E-state index contributed by atoms with van der Waals surface area (Å²) in [5, 5.41) is 0. The van der Waals surface area contributed by atoms with Crippen LogP contribution in [0.25, 0.3) is 22.5 Å². The van der Waals surface area contributed by atoms with Gasteiger partial charge in [-0.3, -0.25) is 9.97 Å². The molecule has 4 nitrogen and oxygen atoms in total. The average molecular weight is 438 g/mol. The lowest BCUT2D eigenvalue weighted by Crippen LogP contribution is -2.23. The minimum Gasteiger partial charge on any atom is -0.252 e.